The van der Waals surface area contributed by atoms with E-state index in [-0.39, 0.29) is 0 Å². The Kier molecular flexibility index (Phi) is 6.67. The minimum absolute atomic E-state index is 0.326. The van der Waals surface area contributed by atoms with Gasteiger partial charge in [-0.1, -0.05) is 51.1 Å². The van der Waals surface area contributed by atoms with Gasteiger partial charge in [-0.3, -0.25) is 0 Å². The van der Waals surface area contributed by atoms with Gasteiger partial charge in [0.1, 0.15) is 0 Å². The van der Waals surface area contributed by atoms with E-state index in [1.807, 2.05) is 0 Å². The van der Waals surface area contributed by atoms with Gasteiger partial charge in [-0.2, -0.15) is 0 Å². The number of terminal acetylenes is 1. The average molecular weight is 257 g/mol. The van der Waals surface area contributed by atoms with Crippen LogP contribution in [0.3, 0.4) is 0 Å². The number of benzene rings is 1. The van der Waals surface area contributed by atoms with Gasteiger partial charge >= 0.3 is 0 Å². The van der Waals surface area contributed by atoms with Crippen molar-refractivity contribution < 1.29 is 0 Å². The van der Waals surface area contributed by atoms with Crippen LogP contribution in [0.2, 0.25) is 0 Å². The zero-order chi connectivity index (χ0) is 14.1. The summed E-state index contributed by atoms with van der Waals surface area (Å²) in [7, 11) is 0. The lowest BCUT2D eigenvalue weighted by atomic mass is 9.85. The molecule has 0 amide bonds. The SMILES string of the molecule is C#CCCCCNC(CC(C)(C)C)c1ccccc1. The Bertz CT molecular complexity index is 380. The first kappa shape index (κ1) is 15.8. The molecule has 0 fully saturated rings. The Hall–Kier alpha value is -1.26. The molecule has 0 saturated carbocycles. The molecule has 0 saturated heterocycles. The van der Waals surface area contributed by atoms with E-state index in [0.717, 1.165) is 32.2 Å². The van der Waals surface area contributed by atoms with Gasteiger partial charge in [0.15, 0.2) is 0 Å². The third-order valence-corrected chi connectivity index (χ3v) is 3.16. The van der Waals surface area contributed by atoms with Gasteiger partial charge in [-0.25, -0.2) is 0 Å². The first-order valence-corrected chi connectivity index (χ1v) is 7.25. The summed E-state index contributed by atoms with van der Waals surface area (Å²) in [5.41, 5.74) is 1.71. The highest BCUT2D eigenvalue weighted by Gasteiger charge is 2.19. The fourth-order valence-electron chi connectivity index (χ4n) is 2.23. The van der Waals surface area contributed by atoms with Crippen molar-refractivity contribution in [3.05, 3.63) is 35.9 Å². The second kappa shape index (κ2) is 8.02. The van der Waals surface area contributed by atoms with Crippen LogP contribution in [0.5, 0.6) is 0 Å². The lowest BCUT2D eigenvalue weighted by Crippen LogP contribution is -2.26. The van der Waals surface area contributed by atoms with Gasteiger partial charge in [0.2, 0.25) is 0 Å². The topological polar surface area (TPSA) is 12.0 Å². The highest BCUT2D eigenvalue weighted by Crippen LogP contribution is 2.29. The summed E-state index contributed by atoms with van der Waals surface area (Å²) in [6.07, 6.45) is 9.57. The van der Waals surface area contributed by atoms with Crippen LogP contribution >= 0.6 is 0 Å². The third kappa shape index (κ3) is 7.03. The predicted molar refractivity (Wildman–Crippen MR) is 83.9 cm³/mol. The van der Waals surface area contributed by atoms with E-state index in [2.05, 4.69) is 62.3 Å². The summed E-state index contributed by atoms with van der Waals surface area (Å²) in [6.45, 7) is 7.92. The normalized spacial score (nSPS) is 12.9. The van der Waals surface area contributed by atoms with E-state index >= 15 is 0 Å². The number of hydrogen-bond donors (Lipinski definition) is 1. The molecule has 0 aliphatic carbocycles. The molecule has 0 aromatic heterocycles. The number of unbranched alkanes of at least 4 members (excludes halogenated alkanes) is 2. The van der Waals surface area contributed by atoms with Crippen LogP contribution in [0.1, 0.15) is 58.1 Å². The molecular formula is C18H27N. The van der Waals surface area contributed by atoms with Gasteiger partial charge in [0, 0.05) is 12.5 Å². The van der Waals surface area contributed by atoms with E-state index in [4.69, 9.17) is 6.42 Å². The molecule has 1 nitrogen and oxygen atoms in total. The molecule has 0 heterocycles. The standard InChI is InChI=1S/C18H27N/c1-5-6-7-11-14-19-17(15-18(2,3)4)16-12-9-8-10-13-16/h1,8-10,12-13,17,19H,6-7,11,14-15H2,2-4H3. The molecule has 19 heavy (non-hydrogen) atoms. The molecule has 0 bridgehead atoms. The van der Waals surface area contributed by atoms with Crippen molar-refractivity contribution in [1.82, 2.24) is 5.32 Å². The van der Waals surface area contributed by atoms with E-state index in [0.29, 0.717) is 11.5 Å². The number of nitrogens with one attached hydrogen (secondary N) is 1. The molecule has 1 unspecified atom stereocenters. The van der Waals surface area contributed by atoms with Gasteiger partial charge in [-0.15, -0.1) is 12.3 Å². The zero-order valence-corrected chi connectivity index (χ0v) is 12.6. The maximum Gasteiger partial charge on any atom is 0.0325 e. The van der Waals surface area contributed by atoms with Gasteiger partial charge in [0.25, 0.3) is 0 Å². The van der Waals surface area contributed by atoms with Gasteiger partial charge in [0.05, 0.1) is 0 Å². The maximum absolute atomic E-state index is 5.27. The Morgan fingerprint density at radius 3 is 2.42 bits per heavy atom. The molecule has 104 valence electrons. The van der Waals surface area contributed by atoms with Gasteiger partial charge < -0.3 is 5.32 Å². The first-order chi connectivity index (χ1) is 9.03. The van der Waals surface area contributed by atoms with Crippen LogP contribution in [-0.2, 0) is 0 Å². The molecule has 1 rings (SSSR count). The van der Waals surface area contributed by atoms with Crippen LogP contribution < -0.4 is 5.32 Å². The van der Waals surface area contributed by atoms with Crippen molar-refractivity contribution in [2.45, 2.75) is 52.5 Å². The van der Waals surface area contributed by atoms with Crippen molar-refractivity contribution in [2.75, 3.05) is 6.54 Å². The maximum atomic E-state index is 5.27. The number of rotatable bonds is 7. The van der Waals surface area contributed by atoms with Crippen LogP contribution in [0, 0.1) is 17.8 Å². The molecule has 1 atom stereocenters. The quantitative estimate of drug-likeness (QED) is 0.558. The van der Waals surface area contributed by atoms with Crippen molar-refractivity contribution in [2.24, 2.45) is 5.41 Å². The molecule has 1 N–H and O–H groups in total. The summed E-state index contributed by atoms with van der Waals surface area (Å²) in [5.74, 6) is 2.70. The molecular weight excluding hydrogens is 230 g/mol. The lowest BCUT2D eigenvalue weighted by Gasteiger charge is -2.27. The lowest BCUT2D eigenvalue weighted by molar-refractivity contribution is 0.310. The number of hydrogen-bond acceptors (Lipinski definition) is 1. The van der Waals surface area contributed by atoms with Crippen LogP contribution in [0.4, 0.5) is 0 Å². The predicted octanol–water partition coefficient (Wildman–Crippen LogP) is 4.56. The Labute approximate surface area is 118 Å². The van der Waals surface area contributed by atoms with E-state index in [1.54, 1.807) is 0 Å². The fourth-order valence-corrected chi connectivity index (χ4v) is 2.23. The van der Waals surface area contributed by atoms with Crippen molar-refractivity contribution >= 4 is 0 Å². The smallest absolute Gasteiger partial charge is 0.0325 e. The molecule has 1 heteroatoms. The van der Waals surface area contributed by atoms with E-state index in [1.165, 1.54) is 5.56 Å². The Morgan fingerprint density at radius 1 is 1.16 bits per heavy atom. The largest absolute Gasteiger partial charge is 0.310 e. The molecule has 1 aromatic rings. The highest BCUT2D eigenvalue weighted by atomic mass is 14.9. The fraction of sp³-hybridized carbons (Fsp3) is 0.556. The Balaban J connectivity index is 2.54. The summed E-state index contributed by atoms with van der Waals surface area (Å²) < 4.78 is 0. The third-order valence-electron chi connectivity index (χ3n) is 3.16. The summed E-state index contributed by atoms with van der Waals surface area (Å²) in [6, 6.07) is 11.2. The average Bonchev–Trinajstić information content (AvgIpc) is 2.37. The second-order valence-electron chi connectivity index (χ2n) is 6.34. The molecule has 0 aliphatic heterocycles. The van der Waals surface area contributed by atoms with Crippen LogP contribution in [0.25, 0.3) is 0 Å². The van der Waals surface area contributed by atoms with Crippen LogP contribution in [-0.4, -0.2) is 6.54 Å². The first-order valence-electron chi connectivity index (χ1n) is 7.25. The summed E-state index contributed by atoms with van der Waals surface area (Å²) in [4.78, 5) is 0. The van der Waals surface area contributed by atoms with Crippen molar-refractivity contribution in [3.8, 4) is 12.3 Å². The minimum Gasteiger partial charge on any atom is -0.310 e. The molecule has 0 radical (unpaired) electrons. The monoisotopic (exact) mass is 257 g/mol. The van der Waals surface area contributed by atoms with Crippen molar-refractivity contribution in [1.29, 1.82) is 0 Å². The second-order valence-corrected chi connectivity index (χ2v) is 6.34. The summed E-state index contributed by atoms with van der Waals surface area (Å²) >= 11 is 0. The zero-order valence-electron chi connectivity index (χ0n) is 12.6. The minimum atomic E-state index is 0.326. The van der Waals surface area contributed by atoms with Crippen LogP contribution in [0.15, 0.2) is 30.3 Å². The van der Waals surface area contributed by atoms with Crippen molar-refractivity contribution in [3.63, 3.8) is 0 Å². The summed E-state index contributed by atoms with van der Waals surface area (Å²) in [5, 5.41) is 3.68. The van der Waals surface area contributed by atoms with Gasteiger partial charge in [-0.05, 0) is 36.8 Å². The van der Waals surface area contributed by atoms with E-state index < -0.39 is 0 Å². The molecule has 1 aromatic carbocycles. The Morgan fingerprint density at radius 2 is 1.84 bits per heavy atom. The molecule has 0 aliphatic rings. The molecule has 0 spiro atoms. The highest BCUT2D eigenvalue weighted by molar-refractivity contribution is 5.19. The van der Waals surface area contributed by atoms with E-state index in [9.17, 15) is 0 Å².